The Hall–Kier alpha value is -4.13. The number of anilines is 1. The number of carbonyl (C=O) groups is 2. The molecule has 0 atom stereocenters. The van der Waals surface area contributed by atoms with Crippen molar-refractivity contribution in [1.29, 1.82) is 5.26 Å². The van der Waals surface area contributed by atoms with Crippen LogP contribution in [0.1, 0.15) is 39.2 Å². The van der Waals surface area contributed by atoms with Gasteiger partial charge in [-0.25, -0.2) is 9.59 Å². The fourth-order valence-corrected chi connectivity index (χ4v) is 3.86. The molecule has 10 heteroatoms. The number of fused-ring (bicyclic) bond motifs is 1. The van der Waals surface area contributed by atoms with Crippen LogP contribution in [0, 0.1) is 11.3 Å². The number of likely N-dealkylation sites (tertiary alicyclic amines) is 1. The number of aromatic nitrogens is 3. The topological polar surface area (TPSA) is 122 Å². The Bertz CT molecular complexity index is 1250. The van der Waals surface area contributed by atoms with Crippen molar-refractivity contribution in [3.63, 3.8) is 0 Å². The van der Waals surface area contributed by atoms with E-state index in [-0.39, 0.29) is 12.7 Å². The molecule has 0 spiro atoms. The average molecular weight is 477 g/mol. The molecule has 182 valence electrons. The highest BCUT2D eigenvalue weighted by Gasteiger charge is 2.37. The van der Waals surface area contributed by atoms with Crippen molar-refractivity contribution < 1.29 is 19.1 Å². The molecule has 0 aliphatic carbocycles. The van der Waals surface area contributed by atoms with Crippen molar-refractivity contribution in [3.8, 4) is 6.07 Å². The molecule has 1 aromatic heterocycles. The minimum atomic E-state index is -0.837. The third kappa shape index (κ3) is 5.69. The zero-order chi connectivity index (χ0) is 25.1. The number of carbonyl (C=O) groups excluding carboxylic acids is 2. The van der Waals surface area contributed by atoms with Gasteiger partial charge in [0.1, 0.15) is 28.8 Å². The molecule has 4 rings (SSSR count). The highest BCUT2D eigenvalue weighted by Crippen LogP contribution is 2.29. The number of nitrogens with one attached hydrogen (secondary N) is 1. The maximum Gasteiger partial charge on any atom is 0.437 e. The zero-order valence-electron chi connectivity index (χ0n) is 20.0. The largest absolute Gasteiger partial charge is 0.444 e. The van der Waals surface area contributed by atoms with Gasteiger partial charge in [-0.2, -0.15) is 5.26 Å². The fourth-order valence-electron chi connectivity index (χ4n) is 3.86. The van der Waals surface area contributed by atoms with Crippen LogP contribution in [0.3, 0.4) is 0 Å². The van der Waals surface area contributed by atoms with Crippen LogP contribution in [0.4, 0.5) is 15.3 Å². The number of amides is 1. The van der Waals surface area contributed by atoms with Gasteiger partial charge in [-0.1, -0.05) is 35.5 Å². The molecule has 0 saturated carbocycles. The number of benzene rings is 2. The van der Waals surface area contributed by atoms with Crippen molar-refractivity contribution in [3.05, 3.63) is 54.1 Å². The van der Waals surface area contributed by atoms with Gasteiger partial charge in [-0.3, -0.25) is 0 Å². The summed E-state index contributed by atoms with van der Waals surface area (Å²) >= 11 is 0. The molecule has 0 radical (unpaired) electrons. The van der Waals surface area contributed by atoms with Gasteiger partial charge in [0.15, 0.2) is 0 Å². The van der Waals surface area contributed by atoms with Crippen LogP contribution in [0.2, 0.25) is 0 Å². The van der Waals surface area contributed by atoms with E-state index in [1.807, 2.05) is 51.1 Å². The quantitative estimate of drug-likeness (QED) is 0.591. The van der Waals surface area contributed by atoms with E-state index >= 15 is 0 Å². The SMILES string of the molecule is CC(C)(C)OC(=O)N1CCC(C#N)(Nc2ccc3c(c2)nnn3C(=O)OCc2ccccc2)CC1. The number of piperidine rings is 1. The monoisotopic (exact) mass is 476 g/mol. The maximum absolute atomic E-state index is 12.5. The molecule has 1 saturated heterocycles. The number of hydrogen-bond donors (Lipinski definition) is 1. The Morgan fingerprint density at radius 2 is 1.83 bits per heavy atom. The summed E-state index contributed by atoms with van der Waals surface area (Å²) in [5.74, 6) is 0. The van der Waals surface area contributed by atoms with Crippen molar-refractivity contribution in [2.45, 2.75) is 51.4 Å². The number of ether oxygens (including phenoxy) is 2. The molecule has 10 nitrogen and oxygen atoms in total. The van der Waals surface area contributed by atoms with E-state index in [1.165, 1.54) is 0 Å². The molecule has 1 amide bonds. The smallest absolute Gasteiger partial charge is 0.437 e. The summed E-state index contributed by atoms with van der Waals surface area (Å²) in [6.45, 7) is 6.41. The molecule has 3 aromatic rings. The van der Waals surface area contributed by atoms with Crippen LogP contribution in [-0.2, 0) is 16.1 Å². The first-order valence-electron chi connectivity index (χ1n) is 11.4. The zero-order valence-corrected chi connectivity index (χ0v) is 20.0. The van der Waals surface area contributed by atoms with Crippen molar-refractivity contribution in [2.75, 3.05) is 18.4 Å². The molecule has 1 aliphatic heterocycles. The summed E-state index contributed by atoms with van der Waals surface area (Å²) in [5, 5.41) is 21.2. The summed E-state index contributed by atoms with van der Waals surface area (Å²) < 4.78 is 11.9. The van der Waals surface area contributed by atoms with E-state index < -0.39 is 17.2 Å². The first-order chi connectivity index (χ1) is 16.7. The van der Waals surface area contributed by atoms with E-state index in [2.05, 4.69) is 21.7 Å². The Morgan fingerprint density at radius 3 is 2.49 bits per heavy atom. The van der Waals surface area contributed by atoms with Gasteiger partial charge in [0.25, 0.3) is 0 Å². The summed E-state index contributed by atoms with van der Waals surface area (Å²) in [6.07, 6.45) is -0.111. The highest BCUT2D eigenvalue weighted by atomic mass is 16.6. The number of hydrogen-bond acceptors (Lipinski definition) is 8. The predicted molar refractivity (Wildman–Crippen MR) is 129 cm³/mol. The fraction of sp³-hybridized carbons (Fsp3) is 0.400. The Kier molecular flexibility index (Phi) is 6.60. The second-order valence-electron chi connectivity index (χ2n) is 9.53. The van der Waals surface area contributed by atoms with Gasteiger partial charge >= 0.3 is 12.2 Å². The lowest BCUT2D eigenvalue weighted by atomic mass is 9.88. The predicted octanol–water partition coefficient (Wildman–Crippen LogP) is 4.32. The van der Waals surface area contributed by atoms with Crippen molar-refractivity contribution in [1.82, 2.24) is 19.9 Å². The van der Waals surface area contributed by atoms with E-state index in [1.54, 1.807) is 23.1 Å². The normalized spacial score (nSPS) is 15.3. The lowest BCUT2D eigenvalue weighted by molar-refractivity contribution is 0.0194. The second kappa shape index (κ2) is 9.62. The molecule has 35 heavy (non-hydrogen) atoms. The first kappa shape index (κ1) is 24.0. The van der Waals surface area contributed by atoms with E-state index in [0.717, 1.165) is 10.2 Å². The molecule has 1 N–H and O–H groups in total. The van der Waals surface area contributed by atoms with Crippen LogP contribution in [0.25, 0.3) is 11.0 Å². The third-order valence-electron chi connectivity index (χ3n) is 5.69. The van der Waals surface area contributed by atoms with E-state index in [0.29, 0.717) is 42.7 Å². The molecule has 2 aromatic carbocycles. The van der Waals surface area contributed by atoms with Crippen molar-refractivity contribution in [2.24, 2.45) is 0 Å². The Labute approximate surface area is 203 Å². The second-order valence-corrected chi connectivity index (χ2v) is 9.53. The van der Waals surface area contributed by atoms with Crippen LogP contribution in [0.5, 0.6) is 0 Å². The Balaban J connectivity index is 1.41. The van der Waals surface area contributed by atoms with Crippen LogP contribution in [-0.4, -0.2) is 56.3 Å². The maximum atomic E-state index is 12.5. The third-order valence-corrected chi connectivity index (χ3v) is 5.69. The number of rotatable bonds is 4. The summed E-state index contributed by atoms with van der Waals surface area (Å²) in [4.78, 5) is 26.5. The number of nitriles is 1. The molecule has 0 bridgehead atoms. The summed E-state index contributed by atoms with van der Waals surface area (Å²) in [5.41, 5.74) is 1.13. The van der Waals surface area contributed by atoms with Gasteiger partial charge in [0.2, 0.25) is 0 Å². The number of nitrogens with zero attached hydrogens (tertiary/aromatic N) is 5. The lowest BCUT2D eigenvalue weighted by Gasteiger charge is -2.38. The van der Waals surface area contributed by atoms with E-state index in [4.69, 9.17) is 9.47 Å². The summed E-state index contributed by atoms with van der Waals surface area (Å²) in [7, 11) is 0. The highest BCUT2D eigenvalue weighted by molar-refractivity contribution is 5.87. The lowest BCUT2D eigenvalue weighted by Crippen LogP contribution is -2.51. The van der Waals surface area contributed by atoms with Gasteiger partial charge in [-0.15, -0.1) is 9.78 Å². The van der Waals surface area contributed by atoms with Crippen LogP contribution >= 0.6 is 0 Å². The first-order valence-corrected chi connectivity index (χ1v) is 11.4. The minimum Gasteiger partial charge on any atom is -0.444 e. The molecular formula is C25H28N6O4. The summed E-state index contributed by atoms with van der Waals surface area (Å²) in [6, 6.07) is 17.0. The Morgan fingerprint density at radius 1 is 1.11 bits per heavy atom. The van der Waals surface area contributed by atoms with E-state index in [9.17, 15) is 14.9 Å². The molecular weight excluding hydrogens is 448 g/mol. The molecule has 1 aliphatic rings. The molecule has 0 unspecified atom stereocenters. The van der Waals surface area contributed by atoms with Gasteiger partial charge in [0, 0.05) is 31.6 Å². The molecule has 1 fully saturated rings. The van der Waals surface area contributed by atoms with Crippen LogP contribution < -0.4 is 5.32 Å². The standard InChI is InChI=1S/C25H28N6O4/c1-24(2,3)35-22(32)30-13-11-25(17-26,12-14-30)27-19-9-10-21-20(15-19)28-29-31(21)23(33)34-16-18-7-5-4-6-8-18/h4-10,15,27H,11-14,16H2,1-3H3. The van der Waals surface area contributed by atoms with Gasteiger partial charge < -0.3 is 19.7 Å². The van der Waals surface area contributed by atoms with Crippen LogP contribution in [0.15, 0.2) is 48.5 Å². The van der Waals surface area contributed by atoms with Gasteiger partial charge in [0.05, 0.1) is 6.07 Å². The van der Waals surface area contributed by atoms with Crippen molar-refractivity contribution >= 4 is 28.9 Å². The van der Waals surface area contributed by atoms with Gasteiger partial charge in [-0.05, 0) is 44.5 Å². The average Bonchev–Trinajstić information content (AvgIpc) is 3.26. The molecule has 2 heterocycles. The minimum absolute atomic E-state index is 0.131.